The van der Waals surface area contributed by atoms with Gasteiger partial charge in [0.25, 0.3) is 0 Å². The van der Waals surface area contributed by atoms with Crippen molar-refractivity contribution in [3.63, 3.8) is 0 Å². The highest BCUT2D eigenvalue weighted by Crippen LogP contribution is 2.24. The van der Waals surface area contributed by atoms with E-state index in [1.807, 2.05) is 60.8 Å². The zero-order valence-corrected chi connectivity index (χ0v) is 10.6. The van der Waals surface area contributed by atoms with Crippen molar-refractivity contribution in [2.45, 2.75) is 0 Å². The lowest BCUT2D eigenvalue weighted by molar-refractivity contribution is 0.303. The topological polar surface area (TPSA) is 37.4 Å². The van der Waals surface area contributed by atoms with E-state index in [4.69, 9.17) is 4.74 Å². The summed E-state index contributed by atoms with van der Waals surface area (Å²) in [5.74, 6) is 0.786. The van der Waals surface area contributed by atoms with Gasteiger partial charge in [-0.05, 0) is 18.2 Å². The van der Waals surface area contributed by atoms with Gasteiger partial charge in [0.1, 0.15) is 11.5 Å². The Kier molecular flexibility index (Phi) is 3.02. The molecular formula is C16H14N2O. The van der Waals surface area contributed by atoms with Crippen LogP contribution in [0, 0.1) is 0 Å². The van der Waals surface area contributed by atoms with Crippen molar-refractivity contribution in [3.05, 3.63) is 77.5 Å². The third-order valence-electron chi connectivity index (χ3n) is 2.96. The second-order valence-electron chi connectivity index (χ2n) is 4.23. The van der Waals surface area contributed by atoms with Crippen LogP contribution in [0.1, 0.15) is 11.3 Å². The molecular weight excluding hydrogens is 236 g/mol. The average Bonchev–Trinajstić information content (AvgIpc) is 3.10. The zero-order valence-electron chi connectivity index (χ0n) is 10.6. The highest BCUT2D eigenvalue weighted by Gasteiger charge is 2.16. The fourth-order valence-corrected chi connectivity index (χ4v) is 2.02. The Morgan fingerprint density at radius 2 is 1.95 bits per heavy atom. The number of hydrogen-bond acceptors (Lipinski definition) is 2. The van der Waals surface area contributed by atoms with E-state index in [0.29, 0.717) is 0 Å². The molecule has 3 rings (SSSR count). The van der Waals surface area contributed by atoms with Crippen molar-refractivity contribution >= 4 is 11.8 Å². The SMILES string of the molecule is COC1=CC(c2ccccc2)=N/C1=C/c1ccc[nH]1. The smallest absolute Gasteiger partial charge is 0.146 e. The molecule has 1 N–H and O–H groups in total. The summed E-state index contributed by atoms with van der Waals surface area (Å²) >= 11 is 0. The molecule has 1 aliphatic rings. The highest BCUT2D eigenvalue weighted by molar-refractivity contribution is 6.12. The number of rotatable bonds is 3. The molecule has 2 heterocycles. The molecule has 0 atom stereocenters. The van der Waals surface area contributed by atoms with E-state index in [9.17, 15) is 0 Å². The van der Waals surface area contributed by atoms with Crippen LogP contribution in [0.15, 0.2) is 71.2 Å². The molecule has 0 radical (unpaired) electrons. The van der Waals surface area contributed by atoms with Crippen LogP contribution in [-0.2, 0) is 4.74 Å². The van der Waals surface area contributed by atoms with Crippen molar-refractivity contribution in [1.82, 2.24) is 4.98 Å². The predicted octanol–water partition coefficient (Wildman–Crippen LogP) is 3.39. The van der Waals surface area contributed by atoms with Crippen molar-refractivity contribution in [1.29, 1.82) is 0 Å². The van der Waals surface area contributed by atoms with Crippen LogP contribution in [-0.4, -0.2) is 17.8 Å². The second kappa shape index (κ2) is 4.98. The van der Waals surface area contributed by atoms with Crippen molar-refractivity contribution < 1.29 is 4.74 Å². The molecule has 0 bridgehead atoms. The van der Waals surface area contributed by atoms with Gasteiger partial charge in [-0.1, -0.05) is 30.3 Å². The van der Waals surface area contributed by atoms with Gasteiger partial charge in [-0.2, -0.15) is 0 Å². The van der Waals surface area contributed by atoms with Crippen LogP contribution >= 0.6 is 0 Å². The Bertz CT molecular complexity index is 649. The Hall–Kier alpha value is -2.55. The molecule has 0 aliphatic carbocycles. The maximum atomic E-state index is 5.39. The van der Waals surface area contributed by atoms with Gasteiger partial charge in [0, 0.05) is 23.5 Å². The van der Waals surface area contributed by atoms with Crippen LogP contribution in [0.25, 0.3) is 6.08 Å². The number of aromatic nitrogens is 1. The molecule has 0 unspecified atom stereocenters. The number of methoxy groups -OCH3 is 1. The monoisotopic (exact) mass is 250 g/mol. The number of benzene rings is 1. The van der Waals surface area contributed by atoms with Crippen molar-refractivity contribution in [2.75, 3.05) is 7.11 Å². The number of hydrogen-bond donors (Lipinski definition) is 1. The van der Waals surface area contributed by atoms with E-state index in [0.717, 1.165) is 28.4 Å². The maximum Gasteiger partial charge on any atom is 0.146 e. The highest BCUT2D eigenvalue weighted by atomic mass is 16.5. The maximum absolute atomic E-state index is 5.39. The molecule has 0 fully saturated rings. The molecule has 3 nitrogen and oxygen atoms in total. The van der Waals surface area contributed by atoms with Gasteiger partial charge in [-0.15, -0.1) is 0 Å². The first-order valence-electron chi connectivity index (χ1n) is 6.12. The number of aromatic amines is 1. The standard InChI is InChI=1S/C16H14N2O/c1-19-16-11-14(12-6-3-2-4-7-12)18-15(16)10-13-8-5-9-17-13/h2-11,17H,1H3/b15-10+. The van der Waals surface area contributed by atoms with E-state index >= 15 is 0 Å². The first kappa shape index (κ1) is 11.5. The van der Waals surface area contributed by atoms with Crippen LogP contribution in [0.3, 0.4) is 0 Å². The number of nitrogens with one attached hydrogen (secondary N) is 1. The van der Waals surface area contributed by atoms with E-state index in [1.54, 1.807) is 7.11 Å². The lowest BCUT2D eigenvalue weighted by Gasteiger charge is -2.00. The molecule has 1 aromatic heterocycles. The Labute approximate surface area is 112 Å². The van der Waals surface area contributed by atoms with Gasteiger partial charge in [0.2, 0.25) is 0 Å². The number of allylic oxidation sites excluding steroid dienone is 1. The predicted molar refractivity (Wildman–Crippen MR) is 76.8 cm³/mol. The Balaban J connectivity index is 1.99. The summed E-state index contributed by atoms with van der Waals surface area (Å²) in [6, 6.07) is 14.0. The first-order valence-corrected chi connectivity index (χ1v) is 6.12. The van der Waals surface area contributed by atoms with Crippen LogP contribution in [0.2, 0.25) is 0 Å². The fourth-order valence-electron chi connectivity index (χ4n) is 2.02. The third kappa shape index (κ3) is 2.36. The summed E-state index contributed by atoms with van der Waals surface area (Å²) in [6.07, 6.45) is 5.83. The molecule has 94 valence electrons. The quantitative estimate of drug-likeness (QED) is 0.890. The minimum atomic E-state index is 0.786. The summed E-state index contributed by atoms with van der Waals surface area (Å²) < 4.78 is 5.39. The van der Waals surface area contributed by atoms with E-state index in [-0.39, 0.29) is 0 Å². The second-order valence-corrected chi connectivity index (χ2v) is 4.23. The third-order valence-corrected chi connectivity index (χ3v) is 2.96. The number of H-pyrrole nitrogens is 1. The van der Waals surface area contributed by atoms with Crippen molar-refractivity contribution in [3.8, 4) is 0 Å². The molecule has 1 aromatic carbocycles. The molecule has 0 spiro atoms. The molecule has 3 heteroatoms. The lowest BCUT2D eigenvalue weighted by atomic mass is 10.1. The zero-order chi connectivity index (χ0) is 13.1. The molecule has 0 saturated carbocycles. The van der Waals surface area contributed by atoms with Crippen LogP contribution in [0.5, 0.6) is 0 Å². The molecule has 0 amide bonds. The van der Waals surface area contributed by atoms with Gasteiger partial charge in [0.15, 0.2) is 0 Å². The minimum absolute atomic E-state index is 0.786. The van der Waals surface area contributed by atoms with Gasteiger partial charge < -0.3 is 9.72 Å². The average molecular weight is 250 g/mol. The van der Waals surface area contributed by atoms with Crippen LogP contribution < -0.4 is 0 Å². The van der Waals surface area contributed by atoms with E-state index in [2.05, 4.69) is 9.98 Å². The van der Waals surface area contributed by atoms with Crippen LogP contribution in [0.4, 0.5) is 0 Å². The van der Waals surface area contributed by atoms with Crippen molar-refractivity contribution in [2.24, 2.45) is 4.99 Å². The van der Waals surface area contributed by atoms with Gasteiger partial charge in [-0.3, -0.25) is 0 Å². The molecule has 0 saturated heterocycles. The lowest BCUT2D eigenvalue weighted by Crippen LogP contribution is -1.92. The molecule has 19 heavy (non-hydrogen) atoms. The molecule has 1 aliphatic heterocycles. The number of ether oxygens (including phenoxy) is 1. The first-order chi connectivity index (χ1) is 9.36. The Morgan fingerprint density at radius 3 is 2.63 bits per heavy atom. The Morgan fingerprint density at radius 1 is 1.11 bits per heavy atom. The van der Waals surface area contributed by atoms with Gasteiger partial charge >= 0.3 is 0 Å². The largest absolute Gasteiger partial charge is 0.494 e. The number of nitrogens with zero attached hydrogens (tertiary/aromatic N) is 1. The summed E-state index contributed by atoms with van der Waals surface area (Å²) in [6.45, 7) is 0. The fraction of sp³-hybridized carbons (Fsp3) is 0.0625. The van der Waals surface area contributed by atoms with Gasteiger partial charge in [0.05, 0.1) is 12.8 Å². The summed E-state index contributed by atoms with van der Waals surface area (Å²) in [7, 11) is 1.66. The van der Waals surface area contributed by atoms with Gasteiger partial charge in [-0.25, -0.2) is 4.99 Å². The molecule has 2 aromatic rings. The summed E-state index contributed by atoms with van der Waals surface area (Å²) in [5, 5.41) is 0. The van der Waals surface area contributed by atoms with E-state index < -0.39 is 0 Å². The number of aliphatic imine (C=N–C) groups is 1. The minimum Gasteiger partial charge on any atom is -0.494 e. The normalized spacial score (nSPS) is 16.4. The summed E-state index contributed by atoms with van der Waals surface area (Å²) in [4.78, 5) is 7.76. The summed E-state index contributed by atoms with van der Waals surface area (Å²) in [5.41, 5.74) is 3.86. The van der Waals surface area contributed by atoms with E-state index in [1.165, 1.54) is 0 Å².